The number of halogens is 4. The minimum absolute atomic E-state index is 0.164. The Bertz CT molecular complexity index is 1670. The Kier molecular flexibility index (Phi) is 7.66. The van der Waals surface area contributed by atoms with Crippen LogP contribution >= 0.6 is 57.7 Å². The van der Waals surface area contributed by atoms with Crippen molar-refractivity contribution in [2.45, 2.75) is 0 Å². The van der Waals surface area contributed by atoms with Crippen molar-refractivity contribution in [2.75, 3.05) is 5.32 Å². The summed E-state index contributed by atoms with van der Waals surface area (Å²) in [5.41, 5.74) is 0.767. The van der Waals surface area contributed by atoms with E-state index in [-0.39, 0.29) is 19.8 Å². The Morgan fingerprint density at radius 1 is 0.943 bits per heavy atom. The first-order valence-corrected chi connectivity index (χ1v) is 12.3. The van der Waals surface area contributed by atoms with E-state index in [9.17, 15) is 14.9 Å². The van der Waals surface area contributed by atoms with Crippen molar-refractivity contribution in [3.63, 3.8) is 0 Å². The third-order valence-corrected chi connectivity index (χ3v) is 7.21. The highest BCUT2D eigenvalue weighted by Gasteiger charge is 2.18. The maximum Gasteiger partial charge on any atom is 0.273 e. The largest absolute Gasteiger partial charge is 0.321 e. The van der Waals surface area contributed by atoms with Crippen molar-refractivity contribution >= 4 is 81.0 Å². The molecule has 0 atom stereocenters. The van der Waals surface area contributed by atoms with Crippen LogP contribution in [-0.4, -0.2) is 10.5 Å². The number of para-hydroxylation sites is 1. The molecule has 0 spiro atoms. The van der Waals surface area contributed by atoms with Gasteiger partial charge in [-0.2, -0.15) is 5.26 Å². The van der Waals surface area contributed by atoms with Gasteiger partial charge in [0.25, 0.3) is 11.5 Å². The number of aromatic nitrogens is 1. The Hall–Kier alpha value is -3.05. The van der Waals surface area contributed by atoms with Gasteiger partial charge in [-0.1, -0.05) is 70.7 Å². The van der Waals surface area contributed by atoms with Crippen LogP contribution in [0.25, 0.3) is 17.3 Å². The summed E-state index contributed by atoms with van der Waals surface area (Å²) in [6.45, 7) is 0. The lowest BCUT2D eigenvalue weighted by Gasteiger charge is -2.06. The fourth-order valence-corrected chi connectivity index (χ4v) is 5.04. The van der Waals surface area contributed by atoms with Crippen molar-refractivity contribution in [3.8, 4) is 11.8 Å². The van der Waals surface area contributed by atoms with Crippen molar-refractivity contribution in [1.82, 2.24) is 4.57 Å². The number of hydrogen-bond acceptors (Lipinski definition) is 4. The molecule has 10 heteroatoms. The van der Waals surface area contributed by atoms with E-state index in [1.807, 2.05) is 6.07 Å². The predicted octanol–water partition coefficient (Wildman–Crippen LogP) is 5.65. The van der Waals surface area contributed by atoms with Crippen LogP contribution in [0.5, 0.6) is 0 Å². The van der Waals surface area contributed by atoms with E-state index < -0.39 is 11.5 Å². The van der Waals surface area contributed by atoms with Gasteiger partial charge >= 0.3 is 0 Å². The number of anilines is 1. The molecule has 0 aliphatic heterocycles. The highest BCUT2D eigenvalue weighted by Crippen LogP contribution is 2.25. The molecular weight excluding hydrogens is 548 g/mol. The van der Waals surface area contributed by atoms with E-state index in [2.05, 4.69) is 5.32 Å². The van der Waals surface area contributed by atoms with Crippen LogP contribution < -0.4 is 20.1 Å². The predicted molar refractivity (Wildman–Crippen MR) is 143 cm³/mol. The summed E-state index contributed by atoms with van der Waals surface area (Å²) >= 11 is 25.2. The highest BCUT2D eigenvalue weighted by atomic mass is 35.5. The van der Waals surface area contributed by atoms with Gasteiger partial charge in [0.2, 0.25) is 0 Å². The normalized spacial score (nSPS) is 12.3. The van der Waals surface area contributed by atoms with Crippen LogP contribution in [0, 0.1) is 11.3 Å². The van der Waals surface area contributed by atoms with Gasteiger partial charge in [-0.15, -0.1) is 11.3 Å². The zero-order chi connectivity index (χ0) is 25.1. The molecule has 0 aliphatic rings. The van der Waals surface area contributed by atoms with Crippen LogP contribution in [-0.2, 0) is 4.79 Å². The smallest absolute Gasteiger partial charge is 0.273 e. The maximum absolute atomic E-state index is 13.4. The van der Waals surface area contributed by atoms with Crippen molar-refractivity contribution < 1.29 is 4.79 Å². The molecule has 0 bridgehead atoms. The number of carbonyl (C=O) groups excluding carboxylic acids is 1. The number of nitrogens with one attached hydrogen (secondary N) is 1. The Labute approximate surface area is 223 Å². The first-order chi connectivity index (χ1) is 16.8. The molecule has 0 unspecified atom stereocenters. The van der Waals surface area contributed by atoms with Gasteiger partial charge in [0.05, 0.1) is 20.3 Å². The average molecular weight is 561 g/mol. The molecule has 0 saturated heterocycles. The lowest BCUT2D eigenvalue weighted by Crippen LogP contribution is -2.32. The summed E-state index contributed by atoms with van der Waals surface area (Å²) in [4.78, 5) is 26.5. The molecule has 0 fully saturated rings. The third kappa shape index (κ3) is 5.46. The topological polar surface area (TPSA) is 74.9 Å². The molecule has 1 aromatic heterocycles. The summed E-state index contributed by atoms with van der Waals surface area (Å²) < 4.78 is 1.77. The van der Waals surface area contributed by atoms with Gasteiger partial charge in [0, 0.05) is 15.7 Å². The molecular formula is C25H13Cl4N3O2S. The van der Waals surface area contributed by atoms with Gasteiger partial charge in [0.15, 0.2) is 5.57 Å². The lowest BCUT2D eigenvalue weighted by molar-refractivity contribution is -0.111. The number of amides is 1. The SMILES string of the molecule is N#C/C(C(=O)Nc1ccc(Cl)c(Cl)c1)=c1\s/c(=C/c2ccc(Cl)cc2Cl)c(=O)n1-c1ccccc1. The summed E-state index contributed by atoms with van der Waals surface area (Å²) in [5, 5.41) is 13.9. The van der Waals surface area contributed by atoms with Gasteiger partial charge in [0.1, 0.15) is 10.7 Å². The zero-order valence-electron chi connectivity index (χ0n) is 17.6. The number of nitriles is 1. The zero-order valence-corrected chi connectivity index (χ0v) is 21.4. The molecule has 4 rings (SSSR count). The first kappa shape index (κ1) is 25.1. The molecule has 1 amide bonds. The second kappa shape index (κ2) is 10.7. The first-order valence-electron chi connectivity index (χ1n) is 9.93. The van der Waals surface area contributed by atoms with E-state index in [4.69, 9.17) is 46.4 Å². The Morgan fingerprint density at radius 3 is 2.34 bits per heavy atom. The lowest BCUT2D eigenvalue weighted by atomic mass is 10.2. The van der Waals surface area contributed by atoms with E-state index in [0.717, 1.165) is 11.3 Å². The van der Waals surface area contributed by atoms with Crippen molar-refractivity contribution in [1.29, 1.82) is 5.26 Å². The molecule has 0 saturated carbocycles. The van der Waals surface area contributed by atoms with Gasteiger partial charge in [-0.05, 0) is 54.1 Å². The van der Waals surface area contributed by atoms with Crippen molar-refractivity contribution in [2.24, 2.45) is 0 Å². The number of carbonyl (C=O) groups is 1. The number of nitrogens with zero attached hydrogens (tertiary/aromatic N) is 2. The van der Waals surface area contributed by atoms with E-state index in [0.29, 0.717) is 32.0 Å². The second-order valence-corrected chi connectivity index (χ2v) is 9.82. The van der Waals surface area contributed by atoms with E-state index >= 15 is 0 Å². The molecule has 0 radical (unpaired) electrons. The molecule has 3 aromatic carbocycles. The Balaban J connectivity index is 1.95. The van der Waals surface area contributed by atoms with Gasteiger partial charge in [-0.25, -0.2) is 0 Å². The van der Waals surface area contributed by atoms with Crippen LogP contribution in [0.1, 0.15) is 5.56 Å². The van der Waals surface area contributed by atoms with Crippen LogP contribution in [0.3, 0.4) is 0 Å². The monoisotopic (exact) mass is 559 g/mol. The number of benzene rings is 3. The average Bonchev–Trinajstić information content (AvgIpc) is 3.14. The third-order valence-electron chi connectivity index (χ3n) is 4.82. The van der Waals surface area contributed by atoms with Crippen LogP contribution in [0.4, 0.5) is 5.69 Å². The quantitative estimate of drug-likeness (QED) is 0.350. The molecule has 1 heterocycles. The van der Waals surface area contributed by atoms with Crippen molar-refractivity contribution in [3.05, 3.63) is 112 Å². The van der Waals surface area contributed by atoms with E-state index in [1.54, 1.807) is 60.7 Å². The molecule has 1 N–H and O–H groups in total. The summed E-state index contributed by atoms with van der Waals surface area (Å²) in [6.07, 6.45) is 1.60. The number of thiazole rings is 1. The molecule has 174 valence electrons. The molecule has 5 nitrogen and oxygen atoms in total. The molecule has 35 heavy (non-hydrogen) atoms. The summed E-state index contributed by atoms with van der Waals surface area (Å²) in [7, 11) is 0. The second-order valence-electron chi connectivity index (χ2n) is 7.13. The van der Waals surface area contributed by atoms with Gasteiger partial charge in [-0.3, -0.25) is 14.2 Å². The van der Waals surface area contributed by atoms with Gasteiger partial charge < -0.3 is 5.32 Å². The molecule has 4 aromatic rings. The van der Waals surface area contributed by atoms with E-state index in [1.165, 1.54) is 16.7 Å². The number of rotatable bonds is 4. The fraction of sp³-hybridized carbons (Fsp3) is 0. The minimum atomic E-state index is -0.701. The van der Waals surface area contributed by atoms with Crippen LogP contribution in [0.15, 0.2) is 71.5 Å². The summed E-state index contributed by atoms with van der Waals surface area (Å²) in [6, 6.07) is 20.1. The standard InChI is InChI=1S/C25H13Cl4N3O2S/c26-15-7-6-14(20(28)11-15)10-22-24(34)32(17-4-2-1-3-5-17)25(35-22)18(13-30)23(33)31-16-8-9-19(27)21(29)12-16/h1-12H,(H,31,33)/b22-10+,25-18+. The minimum Gasteiger partial charge on any atom is -0.321 e. The fourth-order valence-electron chi connectivity index (χ4n) is 3.18. The Morgan fingerprint density at radius 2 is 1.69 bits per heavy atom. The van der Waals surface area contributed by atoms with Crippen LogP contribution in [0.2, 0.25) is 20.1 Å². The summed E-state index contributed by atoms with van der Waals surface area (Å²) in [5.74, 6) is -0.701. The molecule has 0 aliphatic carbocycles. The number of hydrogen-bond donors (Lipinski definition) is 1. The maximum atomic E-state index is 13.4. The highest BCUT2D eigenvalue weighted by molar-refractivity contribution is 7.07.